The third-order valence-corrected chi connectivity index (χ3v) is 2.30. The van der Waals surface area contributed by atoms with E-state index in [1.165, 1.54) is 0 Å². The Morgan fingerprint density at radius 3 is 2.75 bits per heavy atom. The van der Waals surface area contributed by atoms with Gasteiger partial charge in [-0.2, -0.15) is 0 Å². The predicted octanol–water partition coefficient (Wildman–Crippen LogP) is 3.29. The summed E-state index contributed by atoms with van der Waals surface area (Å²) < 4.78 is 0. The minimum atomic E-state index is 0.442. The van der Waals surface area contributed by atoms with E-state index in [2.05, 4.69) is 41.3 Å². The molecule has 3 nitrogen and oxygen atoms in total. The lowest BCUT2D eigenvalue weighted by atomic mass is 10.1. The van der Waals surface area contributed by atoms with Gasteiger partial charge in [0.1, 0.15) is 0 Å². The minimum absolute atomic E-state index is 0.442. The summed E-state index contributed by atoms with van der Waals surface area (Å²) in [6.07, 6.45) is 5.19. The Bertz CT molecular complexity index is 356. The lowest BCUT2D eigenvalue weighted by Crippen LogP contribution is -2.07. The van der Waals surface area contributed by atoms with E-state index in [0.29, 0.717) is 5.92 Å². The zero-order chi connectivity index (χ0) is 12.0. The van der Waals surface area contributed by atoms with Gasteiger partial charge in [0.15, 0.2) is 0 Å². The standard InChI is InChI=1S/C13H21N3/c1-5-6-7-8-14-13-15-11(4)9-12(16-13)10(2)3/h5-6,9-10H,7-8H2,1-4H3,(H,14,15,16)/b6-5+. The highest BCUT2D eigenvalue weighted by molar-refractivity contribution is 5.29. The Morgan fingerprint density at radius 1 is 1.38 bits per heavy atom. The highest BCUT2D eigenvalue weighted by Crippen LogP contribution is 2.14. The van der Waals surface area contributed by atoms with Crippen molar-refractivity contribution in [1.29, 1.82) is 0 Å². The number of aromatic nitrogens is 2. The largest absolute Gasteiger partial charge is 0.354 e. The topological polar surface area (TPSA) is 37.8 Å². The van der Waals surface area contributed by atoms with Crippen molar-refractivity contribution in [3.05, 3.63) is 29.6 Å². The fourth-order valence-electron chi connectivity index (χ4n) is 1.40. The molecule has 16 heavy (non-hydrogen) atoms. The van der Waals surface area contributed by atoms with Crippen LogP contribution in [0.25, 0.3) is 0 Å². The summed E-state index contributed by atoms with van der Waals surface area (Å²) in [7, 11) is 0. The number of anilines is 1. The predicted molar refractivity (Wildman–Crippen MR) is 68.8 cm³/mol. The normalized spacial score (nSPS) is 11.3. The van der Waals surface area contributed by atoms with Crippen LogP contribution >= 0.6 is 0 Å². The van der Waals surface area contributed by atoms with Crippen LogP contribution in [0.1, 0.15) is 44.5 Å². The van der Waals surface area contributed by atoms with E-state index in [9.17, 15) is 0 Å². The maximum atomic E-state index is 4.48. The molecule has 0 radical (unpaired) electrons. The van der Waals surface area contributed by atoms with Gasteiger partial charge in [-0.3, -0.25) is 0 Å². The van der Waals surface area contributed by atoms with Crippen molar-refractivity contribution in [3.8, 4) is 0 Å². The van der Waals surface area contributed by atoms with E-state index < -0.39 is 0 Å². The molecular formula is C13H21N3. The number of hydrogen-bond donors (Lipinski definition) is 1. The first-order valence-electron chi connectivity index (χ1n) is 5.84. The van der Waals surface area contributed by atoms with Crippen LogP contribution in [0.5, 0.6) is 0 Å². The Balaban J connectivity index is 2.65. The van der Waals surface area contributed by atoms with Crippen LogP contribution in [0.2, 0.25) is 0 Å². The first-order valence-corrected chi connectivity index (χ1v) is 5.84. The molecule has 0 aliphatic rings. The molecule has 0 spiro atoms. The molecule has 0 bridgehead atoms. The van der Waals surface area contributed by atoms with Gasteiger partial charge < -0.3 is 5.32 Å². The van der Waals surface area contributed by atoms with Crippen LogP contribution in [0.3, 0.4) is 0 Å². The fraction of sp³-hybridized carbons (Fsp3) is 0.538. The number of hydrogen-bond acceptors (Lipinski definition) is 3. The van der Waals surface area contributed by atoms with Crippen LogP contribution in [0.15, 0.2) is 18.2 Å². The van der Waals surface area contributed by atoms with Gasteiger partial charge in [0, 0.05) is 17.9 Å². The van der Waals surface area contributed by atoms with Crippen molar-refractivity contribution < 1.29 is 0 Å². The lowest BCUT2D eigenvalue weighted by Gasteiger charge is -2.09. The van der Waals surface area contributed by atoms with Crippen molar-refractivity contribution in [2.45, 2.75) is 40.0 Å². The number of nitrogens with zero attached hydrogens (tertiary/aromatic N) is 2. The van der Waals surface area contributed by atoms with Crippen molar-refractivity contribution >= 4 is 5.95 Å². The van der Waals surface area contributed by atoms with Crippen LogP contribution in [-0.2, 0) is 0 Å². The quantitative estimate of drug-likeness (QED) is 0.610. The lowest BCUT2D eigenvalue weighted by molar-refractivity contribution is 0.808. The first-order chi connectivity index (χ1) is 7.63. The average Bonchev–Trinajstić information content (AvgIpc) is 2.23. The monoisotopic (exact) mass is 219 g/mol. The second-order valence-corrected chi connectivity index (χ2v) is 4.20. The number of rotatable bonds is 5. The molecule has 0 aliphatic carbocycles. The van der Waals surface area contributed by atoms with Crippen LogP contribution < -0.4 is 5.32 Å². The zero-order valence-electron chi connectivity index (χ0n) is 10.6. The number of allylic oxidation sites excluding steroid dienone is 1. The third-order valence-electron chi connectivity index (χ3n) is 2.30. The summed E-state index contributed by atoms with van der Waals surface area (Å²) in [4.78, 5) is 8.85. The van der Waals surface area contributed by atoms with E-state index in [0.717, 1.165) is 30.3 Å². The highest BCUT2D eigenvalue weighted by atomic mass is 15.1. The van der Waals surface area contributed by atoms with Gasteiger partial charge >= 0.3 is 0 Å². The molecule has 0 unspecified atom stereocenters. The summed E-state index contributed by atoms with van der Waals surface area (Å²) in [5.74, 6) is 1.19. The van der Waals surface area contributed by atoms with Gasteiger partial charge in [-0.1, -0.05) is 26.0 Å². The molecule has 0 atom stereocenters. The SMILES string of the molecule is C/C=C/CCNc1nc(C)cc(C(C)C)n1. The van der Waals surface area contributed by atoms with Gasteiger partial charge in [-0.05, 0) is 32.3 Å². The van der Waals surface area contributed by atoms with Gasteiger partial charge in [0.25, 0.3) is 0 Å². The van der Waals surface area contributed by atoms with Gasteiger partial charge in [0.05, 0.1) is 0 Å². The molecule has 0 saturated carbocycles. The Morgan fingerprint density at radius 2 is 2.12 bits per heavy atom. The minimum Gasteiger partial charge on any atom is -0.354 e. The summed E-state index contributed by atoms with van der Waals surface area (Å²) in [6.45, 7) is 9.20. The Kier molecular flexibility index (Phi) is 4.96. The fourth-order valence-corrected chi connectivity index (χ4v) is 1.40. The van der Waals surface area contributed by atoms with Crippen LogP contribution in [0.4, 0.5) is 5.95 Å². The van der Waals surface area contributed by atoms with Crippen molar-refractivity contribution in [2.75, 3.05) is 11.9 Å². The average molecular weight is 219 g/mol. The molecule has 1 aromatic rings. The molecular weight excluding hydrogens is 198 g/mol. The van der Waals surface area contributed by atoms with Crippen LogP contribution in [-0.4, -0.2) is 16.5 Å². The molecule has 0 aromatic carbocycles. The molecule has 1 heterocycles. The summed E-state index contributed by atoms with van der Waals surface area (Å²) >= 11 is 0. The number of aryl methyl sites for hydroxylation is 1. The number of nitrogens with one attached hydrogen (secondary N) is 1. The molecule has 0 amide bonds. The second kappa shape index (κ2) is 6.26. The van der Waals surface area contributed by atoms with Gasteiger partial charge in [-0.15, -0.1) is 0 Å². The maximum absolute atomic E-state index is 4.48. The Hall–Kier alpha value is -1.38. The zero-order valence-corrected chi connectivity index (χ0v) is 10.6. The maximum Gasteiger partial charge on any atom is 0.223 e. The molecule has 88 valence electrons. The molecule has 1 N–H and O–H groups in total. The molecule has 1 rings (SSSR count). The van der Waals surface area contributed by atoms with Gasteiger partial charge in [-0.25, -0.2) is 9.97 Å². The molecule has 1 aromatic heterocycles. The smallest absolute Gasteiger partial charge is 0.223 e. The first kappa shape index (κ1) is 12.7. The summed E-state index contributed by atoms with van der Waals surface area (Å²) in [5.41, 5.74) is 2.12. The summed E-state index contributed by atoms with van der Waals surface area (Å²) in [6, 6.07) is 2.04. The van der Waals surface area contributed by atoms with Crippen LogP contribution in [0, 0.1) is 6.92 Å². The van der Waals surface area contributed by atoms with Gasteiger partial charge in [0.2, 0.25) is 5.95 Å². The van der Waals surface area contributed by atoms with E-state index >= 15 is 0 Å². The molecule has 0 saturated heterocycles. The highest BCUT2D eigenvalue weighted by Gasteiger charge is 2.04. The van der Waals surface area contributed by atoms with E-state index in [4.69, 9.17) is 0 Å². The van der Waals surface area contributed by atoms with E-state index in [1.54, 1.807) is 0 Å². The second-order valence-electron chi connectivity index (χ2n) is 4.20. The molecule has 3 heteroatoms. The molecule has 0 fully saturated rings. The van der Waals surface area contributed by atoms with Crippen molar-refractivity contribution in [3.63, 3.8) is 0 Å². The third kappa shape index (κ3) is 4.01. The van der Waals surface area contributed by atoms with E-state index in [-0.39, 0.29) is 0 Å². The van der Waals surface area contributed by atoms with Crippen molar-refractivity contribution in [2.24, 2.45) is 0 Å². The van der Waals surface area contributed by atoms with Crippen molar-refractivity contribution in [1.82, 2.24) is 9.97 Å². The molecule has 0 aliphatic heterocycles. The van der Waals surface area contributed by atoms with E-state index in [1.807, 2.05) is 19.9 Å². The Labute approximate surface area is 98.0 Å². The summed E-state index contributed by atoms with van der Waals surface area (Å²) in [5, 5.41) is 3.24.